The minimum Gasteiger partial charge on any atom is -0.354 e. The summed E-state index contributed by atoms with van der Waals surface area (Å²) in [4.78, 5) is 6.45. The van der Waals surface area contributed by atoms with E-state index in [9.17, 15) is 12.8 Å². The molecule has 0 amide bonds. The molecule has 3 aromatic rings. The molecule has 1 aliphatic rings. The fourth-order valence-electron chi connectivity index (χ4n) is 3.18. The number of rotatable bonds is 3. The van der Waals surface area contributed by atoms with E-state index in [1.807, 2.05) is 36.4 Å². The maximum atomic E-state index is 13.9. The first-order valence-electron chi connectivity index (χ1n) is 8.41. The van der Waals surface area contributed by atoms with E-state index in [4.69, 9.17) is 0 Å². The molecule has 1 saturated heterocycles. The van der Waals surface area contributed by atoms with Crippen LogP contribution in [0.3, 0.4) is 0 Å². The average molecular weight is 371 g/mol. The van der Waals surface area contributed by atoms with Crippen molar-refractivity contribution in [1.82, 2.24) is 9.29 Å². The summed E-state index contributed by atoms with van der Waals surface area (Å²) in [6, 6.07) is 17.3. The molecule has 134 valence electrons. The lowest BCUT2D eigenvalue weighted by Gasteiger charge is -2.34. The van der Waals surface area contributed by atoms with Gasteiger partial charge in [-0.2, -0.15) is 4.31 Å². The van der Waals surface area contributed by atoms with Crippen molar-refractivity contribution in [3.63, 3.8) is 0 Å². The molecule has 1 aromatic heterocycles. The second-order valence-corrected chi connectivity index (χ2v) is 8.09. The van der Waals surface area contributed by atoms with Crippen molar-refractivity contribution in [2.24, 2.45) is 0 Å². The molecular formula is C19H18FN3O2S. The SMILES string of the molecule is O=S(=O)(c1ccccc1F)N1CCN(c2ccc3ccccc3n2)CC1. The number of anilines is 1. The molecule has 0 bridgehead atoms. The number of para-hydroxylation sites is 1. The summed E-state index contributed by atoms with van der Waals surface area (Å²) in [6.45, 7) is 1.62. The molecule has 0 radical (unpaired) electrons. The fraction of sp³-hybridized carbons (Fsp3) is 0.211. The van der Waals surface area contributed by atoms with Crippen LogP contribution in [0.4, 0.5) is 10.2 Å². The van der Waals surface area contributed by atoms with Crippen LogP contribution in [-0.4, -0.2) is 43.9 Å². The molecule has 7 heteroatoms. The van der Waals surface area contributed by atoms with Gasteiger partial charge in [0.1, 0.15) is 16.5 Å². The standard InChI is InChI=1S/C19H18FN3O2S/c20-16-6-2-4-8-18(16)26(24,25)23-13-11-22(12-14-23)19-10-9-15-5-1-3-7-17(15)21-19/h1-10H,11-14H2. The maximum absolute atomic E-state index is 13.9. The van der Waals surface area contributed by atoms with Gasteiger partial charge in [-0.3, -0.25) is 0 Å². The van der Waals surface area contributed by atoms with E-state index in [-0.39, 0.29) is 4.90 Å². The Kier molecular flexibility index (Phi) is 4.34. The third-order valence-corrected chi connectivity index (χ3v) is 6.53. The largest absolute Gasteiger partial charge is 0.354 e. The van der Waals surface area contributed by atoms with Crippen LogP contribution in [0.25, 0.3) is 10.9 Å². The highest BCUT2D eigenvalue weighted by molar-refractivity contribution is 7.89. The van der Waals surface area contributed by atoms with Crippen molar-refractivity contribution in [2.75, 3.05) is 31.1 Å². The highest BCUT2D eigenvalue weighted by atomic mass is 32.2. The quantitative estimate of drug-likeness (QED) is 0.710. The zero-order chi connectivity index (χ0) is 18.1. The van der Waals surface area contributed by atoms with Crippen molar-refractivity contribution in [3.8, 4) is 0 Å². The minimum atomic E-state index is -3.82. The number of piperazine rings is 1. The number of hydrogen-bond donors (Lipinski definition) is 0. The number of halogens is 1. The van der Waals surface area contributed by atoms with Gasteiger partial charge in [0.05, 0.1) is 5.52 Å². The lowest BCUT2D eigenvalue weighted by Crippen LogP contribution is -2.49. The molecule has 5 nitrogen and oxygen atoms in total. The Morgan fingerprint density at radius 1 is 0.846 bits per heavy atom. The molecule has 0 unspecified atom stereocenters. The number of sulfonamides is 1. The summed E-state index contributed by atoms with van der Waals surface area (Å²) < 4.78 is 40.6. The van der Waals surface area contributed by atoms with Crippen LogP contribution in [0.5, 0.6) is 0 Å². The Morgan fingerprint density at radius 2 is 1.54 bits per heavy atom. The Bertz CT molecular complexity index is 1050. The van der Waals surface area contributed by atoms with Gasteiger partial charge in [-0.1, -0.05) is 30.3 Å². The van der Waals surface area contributed by atoms with Crippen LogP contribution in [-0.2, 0) is 10.0 Å². The molecule has 0 saturated carbocycles. The summed E-state index contributed by atoms with van der Waals surface area (Å²) in [6.07, 6.45) is 0. The van der Waals surface area contributed by atoms with E-state index in [2.05, 4.69) is 9.88 Å². The summed E-state index contributed by atoms with van der Waals surface area (Å²) in [7, 11) is -3.82. The fourth-order valence-corrected chi connectivity index (χ4v) is 4.67. The highest BCUT2D eigenvalue weighted by Crippen LogP contribution is 2.23. The highest BCUT2D eigenvalue weighted by Gasteiger charge is 2.30. The van der Waals surface area contributed by atoms with Gasteiger partial charge < -0.3 is 4.90 Å². The minimum absolute atomic E-state index is 0.266. The summed E-state index contributed by atoms with van der Waals surface area (Å²) in [5.74, 6) is 0.109. The van der Waals surface area contributed by atoms with Gasteiger partial charge in [-0.05, 0) is 30.3 Å². The van der Waals surface area contributed by atoms with E-state index in [0.717, 1.165) is 16.7 Å². The summed E-state index contributed by atoms with van der Waals surface area (Å²) >= 11 is 0. The van der Waals surface area contributed by atoms with E-state index >= 15 is 0 Å². The van der Waals surface area contributed by atoms with Gasteiger partial charge in [0, 0.05) is 31.6 Å². The van der Waals surface area contributed by atoms with E-state index in [1.54, 1.807) is 0 Å². The van der Waals surface area contributed by atoms with Crippen molar-refractivity contribution >= 4 is 26.7 Å². The third kappa shape index (κ3) is 3.04. The second kappa shape index (κ2) is 6.66. The Labute approximate surface area is 151 Å². The summed E-state index contributed by atoms with van der Waals surface area (Å²) in [5, 5.41) is 1.07. The smallest absolute Gasteiger partial charge is 0.246 e. The van der Waals surface area contributed by atoms with Crippen LogP contribution in [0.15, 0.2) is 65.6 Å². The molecule has 0 N–H and O–H groups in total. The van der Waals surface area contributed by atoms with Gasteiger partial charge in [-0.15, -0.1) is 0 Å². The average Bonchev–Trinajstić information content (AvgIpc) is 2.68. The van der Waals surface area contributed by atoms with Crippen LogP contribution >= 0.6 is 0 Å². The van der Waals surface area contributed by atoms with E-state index in [0.29, 0.717) is 26.2 Å². The van der Waals surface area contributed by atoms with Crippen LogP contribution < -0.4 is 4.90 Å². The molecule has 4 rings (SSSR count). The topological polar surface area (TPSA) is 53.5 Å². The molecule has 0 atom stereocenters. The van der Waals surface area contributed by atoms with Crippen LogP contribution in [0, 0.1) is 5.82 Å². The lowest BCUT2D eigenvalue weighted by molar-refractivity contribution is 0.381. The van der Waals surface area contributed by atoms with Gasteiger partial charge in [-0.25, -0.2) is 17.8 Å². The number of pyridine rings is 1. The van der Waals surface area contributed by atoms with Crippen molar-refractivity contribution in [2.45, 2.75) is 4.90 Å². The predicted molar refractivity (Wildman–Crippen MR) is 99.1 cm³/mol. The Balaban J connectivity index is 1.52. The van der Waals surface area contributed by atoms with Crippen LogP contribution in [0.2, 0.25) is 0 Å². The van der Waals surface area contributed by atoms with Gasteiger partial charge in [0.15, 0.2) is 0 Å². The molecule has 1 fully saturated rings. The first kappa shape index (κ1) is 16.9. The number of benzene rings is 2. The first-order valence-corrected chi connectivity index (χ1v) is 9.85. The number of fused-ring (bicyclic) bond motifs is 1. The first-order chi connectivity index (χ1) is 12.6. The predicted octanol–water partition coefficient (Wildman–Crippen LogP) is 2.88. The van der Waals surface area contributed by atoms with Gasteiger partial charge in [0.2, 0.25) is 10.0 Å². The summed E-state index contributed by atoms with van der Waals surface area (Å²) in [5.41, 5.74) is 0.909. The molecule has 0 aliphatic carbocycles. The molecule has 2 heterocycles. The third-order valence-electron chi connectivity index (χ3n) is 4.60. The number of nitrogens with zero attached hydrogens (tertiary/aromatic N) is 3. The van der Waals surface area contributed by atoms with Crippen molar-refractivity contribution in [1.29, 1.82) is 0 Å². The molecule has 1 aliphatic heterocycles. The Morgan fingerprint density at radius 3 is 2.31 bits per heavy atom. The Hall–Kier alpha value is -2.51. The van der Waals surface area contributed by atoms with Crippen molar-refractivity contribution < 1.29 is 12.8 Å². The van der Waals surface area contributed by atoms with Crippen LogP contribution in [0.1, 0.15) is 0 Å². The molecule has 2 aromatic carbocycles. The molecule has 0 spiro atoms. The van der Waals surface area contributed by atoms with Gasteiger partial charge >= 0.3 is 0 Å². The monoisotopic (exact) mass is 371 g/mol. The van der Waals surface area contributed by atoms with E-state index in [1.165, 1.54) is 28.6 Å². The second-order valence-electron chi connectivity index (χ2n) is 6.18. The maximum Gasteiger partial charge on any atom is 0.246 e. The number of aromatic nitrogens is 1. The molecular weight excluding hydrogens is 353 g/mol. The molecule has 26 heavy (non-hydrogen) atoms. The zero-order valence-electron chi connectivity index (χ0n) is 14.0. The zero-order valence-corrected chi connectivity index (χ0v) is 14.9. The normalized spacial score (nSPS) is 16.1. The van der Waals surface area contributed by atoms with Crippen molar-refractivity contribution in [3.05, 3.63) is 66.5 Å². The lowest BCUT2D eigenvalue weighted by atomic mass is 10.2. The number of hydrogen-bond acceptors (Lipinski definition) is 4. The van der Waals surface area contributed by atoms with Gasteiger partial charge in [0.25, 0.3) is 0 Å². The van der Waals surface area contributed by atoms with E-state index < -0.39 is 15.8 Å².